The van der Waals surface area contributed by atoms with Crippen molar-refractivity contribution in [2.24, 2.45) is 0 Å². The first-order chi connectivity index (χ1) is 12.6. The molecule has 0 fully saturated rings. The van der Waals surface area contributed by atoms with Gasteiger partial charge in [0, 0.05) is 24.9 Å². The molecule has 0 aromatic carbocycles. The Hall–Kier alpha value is -2.73. The van der Waals surface area contributed by atoms with Crippen LogP contribution < -0.4 is 21.7 Å². The van der Waals surface area contributed by atoms with E-state index in [1.54, 1.807) is 38.6 Å². The molecule has 2 aromatic rings. The molecule has 2 heterocycles. The van der Waals surface area contributed by atoms with Gasteiger partial charge in [-0.2, -0.15) is 0 Å². The molecular weight excluding hydrogens is 392 g/mol. The van der Waals surface area contributed by atoms with Crippen molar-refractivity contribution in [1.29, 1.82) is 0 Å². The van der Waals surface area contributed by atoms with Crippen LogP contribution in [0.3, 0.4) is 0 Å². The van der Waals surface area contributed by atoms with Gasteiger partial charge in [0.15, 0.2) is 10.3 Å². The number of thiazole rings is 2. The van der Waals surface area contributed by atoms with Crippen LogP contribution in [-0.2, 0) is 4.74 Å². The SMILES string of the molecule is CNC(=O)c1csc(N)n1.CNC(=O)c1csc(NC(=O)OC(C)(C)C)n1. The first kappa shape index (κ1) is 22.3. The minimum absolute atomic E-state index is 0.201. The highest BCUT2D eigenvalue weighted by atomic mass is 32.1. The number of rotatable bonds is 3. The van der Waals surface area contributed by atoms with Gasteiger partial charge in [0.1, 0.15) is 17.0 Å². The molecule has 0 unspecified atom stereocenters. The molecule has 2 rings (SSSR count). The van der Waals surface area contributed by atoms with E-state index in [1.165, 1.54) is 18.4 Å². The van der Waals surface area contributed by atoms with Crippen molar-refractivity contribution in [2.45, 2.75) is 26.4 Å². The molecule has 0 saturated carbocycles. The lowest BCUT2D eigenvalue weighted by atomic mass is 10.2. The number of hydrogen-bond acceptors (Lipinski definition) is 9. The van der Waals surface area contributed by atoms with Crippen molar-refractivity contribution in [3.63, 3.8) is 0 Å². The molecule has 0 spiro atoms. The van der Waals surface area contributed by atoms with Crippen LogP contribution >= 0.6 is 22.7 Å². The van der Waals surface area contributed by atoms with Gasteiger partial charge >= 0.3 is 6.09 Å². The van der Waals surface area contributed by atoms with Crippen molar-refractivity contribution in [1.82, 2.24) is 20.6 Å². The fourth-order valence-corrected chi connectivity index (χ4v) is 2.69. The molecule has 10 nitrogen and oxygen atoms in total. The van der Waals surface area contributed by atoms with Crippen LogP contribution in [0.5, 0.6) is 0 Å². The van der Waals surface area contributed by atoms with E-state index in [1.807, 2.05) is 0 Å². The Morgan fingerprint density at radius 1 is 1.00 bits per heavy atom. The summed E-state index contributed by atoms with van der Waals surface area (Å²) >= 11 is 2.42. The molecule has 0 aliphatic rings. The number of anilines is 2. The number of nitrogens with zero attached hydrogens (tertiary/aromatic N) is 2. The number of nitrogens with one attached hydrogen (secondary N) is 3. The zero-order valence-corrected chi connectivity index (χ0v) is 17.2. The zero-order chi connectivity index (χ0) is 20.6. The molecule has 0 saturated heterocycles. The predicted molar refractivity (Wildman–Crippen MR) is 105 cm³/mol. The summed E-state index contributed by atoms with van der Waals surface area (Å²) in [5, 5.41) is 11.3. The fourth-order valence-electron chi connectivity index (χ4n) is 1.47. The third-order valence-corrected chi connectivity index (χ3v) is 3.99. The molecule has 3 amide bonds. The van der Waals surface area contributed by atoms with Gasteiger partial charge in [-0.05, 0) is 20.8 Å². The van der Waals surface area contributed by atoms with Crippen LogP contribution in [0, 0.1) is 0 Å². The maximum absolute atomic E-state index is 11.4. The van der Waals surface area contributed by atoms with Crippen molar-refractivity contribution >= 4 is 50.8 Å². The number of carbonyl (C=O) groups excluding carboxylic acids is 3. The summed E-state index contributed by atoms with van der Waals surface area (Å²) in [7, 11) is 3.07. The highest BCUT2D eigenvalue weighted by molar-refractivity contribution is 7.14. The van der Waals surface area contributed by atoms with Gasteiger partial charge in [-0.3, -0.25) is 14.9 Å². The van der Waals surface area contributed by atoms with E-state index in [2.05, 4.69) is 25.9 Å². The van der Waals surface area contributed by atoms with Crippen LogP contribution in [0.25, 0.3) is 0 Å². The topological polar surface area (TPSA) is 148 Å². The maximum Gasteiger partial charge on any atom is 0.413 e. The van der Waals surface area contributed by atoms with Gasteiger partial charge in [-0.1, -0.05) is 0 Å². The Morgan fingerprint density at radius 2 is 1.52 bits per heavy atom. The summed E-state index contributed by atoms with van der Waals surface area (Å²) in [6, 6.07) is 0. The predicted octanol–water partition coefficient (Wildman–Crippen LogP) is 1.93. The molecular formula is C15H22N6O4S2. The van der Waals surface area contributed by atoms with Crippen molar-refractivity contribution in [3.05, 3.63) is 22.1 Å². The molecule has 5 N–H and O–H groups in total. The Bertz CT molecular complexity index is 796. The summed E-state index contributed by atoms with van der Waals surface area (Å²) in [5.41, 5.74) is 5.38. The Kier molecular flexibility index (Phi) is 8.12. The lowest BCUT2D eigenvalue weighted by molar-refractivity contribution is 0.0635. The van der Waals surface area contributed by atoms with Gasteiger partial charge in [0.25, 0.3) is 11.8 Å². The van der Waals surface area contributed by atoms with E-state index in [0.717, 1.165) is 11.3 Å². The van der Waals surface area contributed by atoms with E-state index < -0.39 is 11.7 Å². The van der Waals surface area contributed by atoms with Crippen LogP contribution in [0.4, 0.5) is 15.1 Å². The number of hydrogen-bond donors (Lipinski definition) is 4. The number of nitrogens with two attached hydrogens (primary N) is 1. The smallest absolute Gasteiger partial charge is 0.413 e. The van der Waals surface area contributed by atoms with Crippen LogP contribution in [0.2, 0.25) is 0 Å². The number of carbonyl (C=O) groups is 3. The maximum atomic E-state index is 11.4. The number of amides is 3. The molecule has 148 valence electrons. The average Bonchev–Trinajstić information content (AvgIpc) is 3.21. The van der Waals surface area contributed by atoms with E-state index in [4.69, 9.17) is 10.5 Å². The average molecular weight is 415 g/mol. The summed E-state index contributed by atoms with van der Waals surface area (Å²) in [6.45, 7) is 5.30. The van der Waals surface area contributed by atoms with Gasteiger partial charge in [-0.15, -0.1) is 22.7 Å². The summed E-state index contributed by atoms with van der Waals surface area (Å²) < 4.78 is 5.05. The van der Waals surface area contributed by atoms with Crippen LogP contribution in [0.1, 0.15) is 41.7 Å². The fraction of sp³-hybridized carbons (Fsp3) is 0.400. The lowest BCUT2D eigenvalue weighted by Crippen LogP contribution is -2.27. The largest absolute Gasteiger partial charge is 0.444 e. The minimum atomic E-state index is -0.588. The van der Waals surface area contributed by atoms with Crippen molar-refractivity contribution in [2.75, 3.05) is 25.1 Å². The Labute approximate surface area is 164 Å². The van der Waals surface area contributed by atoms with Crippen LogP contribution in [0.15, 0.2) is 10.8 Å². The Balaban J connectivity index is 0.000000309. The molecule has 0 radical (unpaired) electrons. The van der Waals surface area contributed by atoms with Gasteiger partial charge < -0.3 is 21.1 Å². The first-order valence-electron chi connectivity index (χ1n) is 7.66. The second-order valence-electron chi connectivity index (χ2n) is 5.89. The van der Waals surface area contributed by atoms with E-state index in [0.29, 0.717) is 16.0 Å². The van der Waals surface area contributed by atoms with Gasteiger partial charge in [0.2, 0.25) is 0 Å². The summed E-state index contributed by atoms with van der Waals surface area (Å²) in [6.07, 6.45) is -0.588. The minimum Gasteiger partial charge on any atom is -0.444 e. The second kappa shape index (κ2) is 9.83. The quantitative estimate of drug-likeness (QED) is 0.599. The van der Waals surface area contributed by atoms with Gasteiger partial charge in [-0.25, -0.2) is 14.8 Å². The van der Waals surface area contributed by atoms with E-state index in [-0.39, 0.29) is 17.5 Å². The lowest BCUT2D eigenvalue weighted by Gasteiger charge is -2.18. The monoisotopic (exact) mass is 414 g/mol. The number of aromatic nitrogens is 2. The normalized spacial score (nSPS) is 10.3. The molecule has 0 bridgehead atoms. The van der Waals surface area contributed by atoms with Crippen molar-refractivity contribution in [3.8, 4) is 0 Å². The van der Waals surface area contributed by atoms with E-state index >= 15 is 0 Å². The zero-order valence-electron chi connectivity index (χ0n) is 15.6. The molecule has 12 heteroatoms. The number of nitrogen functional groups attached to an aromatic ring is 1. The summed E-state index contributed by atoms with van der Waals surface area (Å²) in [4.78, 5) is 41.2. The van der Waals surface area contributed by atoms with Crippen LogP contribution in [-0.4, -0.2) is 47.6 Å². The highest BCUT2D eigenvalue weighted by Gasteiger charge is 2.18. The van der Waals surface area contributed by atoms with Crippen molar-refractivity contribution < 1.29 is 19.1 Å². The first-order valence-corrected chi connectivity index (χ1v) is 9.42. The molecule has 0 atom stereocenters. The van der Waals surface area contributed by atoms with Gasteiger partial charge in [0.05, 0.1) is 0 Å². The highest BCUT2D eigenvalue weighted by Crippen LogP contribution is 2.17. The standard InChI is InChI=1S/C10H15N3O3S.C5H7N3OS/c1-10(2,3)16-9(15)13-8-12-6(5-17-8)7(14)11-4;1-7-4(9)3-2-10-5(6)8-3/h5H,1-4H3,(H,11,14)(H,12,13,15);2H,1H3,(H2,6,8)(H,7,9). The molecule has 0 aliphatic heterocycles. The number of ether oxygens (including phenoxy) is 1. The Morgan fingerprint density at radius 3 is 1.96 bits per heavy atom. The third kappa shape index (κ3) is 8.00. The molecule has 27 heavy (non-hydrogen) atoms. The molecule has 2 aromatic heterocycles. The summed E-state index contributed by atoms with van der Waals surface area (Å²) in [5.74, 6) is -0.494. The van der Waals surface area contributed by atoms with E-state index in [9.17, 15) is 14.4 Å². The second-order valence-corrected chi connectivity index (χ2v) is 7.64. The third-order valence-electron chi connectivity index (χ3n) is 2.55. The molecule has 0 aliphatic carbocycles.